The van der Waals surface area contributed by atoms with Gasteiger partial charge in [0, 0.05) is 39.3 Å². The van der Waals surface area contributed by atoms with Crippen molar-refractivity contribution in [3.8, 4) is 5.75 Å². The zero-order valence-corrected chi connectivity index (χ0v) is 19.9. The molecule has 1 unspecified atom stereocenters. The number of piperazine rings is 1. The molecule has 1 aromatic rings. The van der Waals surface area contributed by atoms with Gasteiger partial charge in [0.2, 0.25) is 0 Å². The highest BCUT2D eigenvalue weighted by Gasteiger charge is 2.30. The average Bonchev–Trinajstić information content (AvgIpc) is 3.26. The van der Waals surface area contributed by atoms with Gasteiger partial charge in [0.05, 0.1) is 11.6 Å². The number of nitrogens with one attached hydrogen (secondary N) is 1. The summed E-state index contributed by atoms with van der Waals surface area (Å²) in [5, 5.41) is 3.93. The summed E-state index contributed by atoms with van der Waals surface area (Å²) in [4.78, 5) is 21.3. The van der Waals surface area contributed by atoms with Crippen LogP contribution in [-0.4, -0.2) is 80.3 Å². The number of nitrogens with zero attached hydrogens (tertiary/aromatic N) is 3. The van der Waals surface area contributed by atoms with Crippen molar-refractivity contribution in [1.29, 1.82) is 0 Å². The minimum atomic E-state index is -0.240. The van der Waals surface area contributed by atoms with Crippen molar-refractivity contribution in [1.82, 2.24) is 15.1 Å². The molecule has 2 aliphatic heterocycles. The number of hydrogen-bond acceptors (Lipinski definition) is 4. The molecule has 7 nitrogen and oxygen atoms in total. The van der Waals surface area contributed by atoms with Crippen LogP contribution in [0.2, 0.25) is 5.02 Å². The summed E-state index contributed by atoms with van der Waals surface area (Å²) in [7, 11) is 0. The van der Waals surface area contributed by atoms with E-state index in [1.807, 2.05) is 36.1 Å². The molecular weight excluding hydrogens is 507 g/mol. The second kappa shape index (κ2) is 12.4. The Morgan fingerprint density at radius 2 is 2.00 bits per heavy atom. The first kappa shape index (κ1) is 24.0. The van der Waals surface area contributed by atoms with Crippen LogP contribution in [-0.2, 0) is 9.53 Å². The van der Waals surface area contributed by atoms with Crippen LogP contribution in [0, 0.1) is 0 Å². The van der Waals surface area contributed by atoms with Crippen molar-refractivity contribution in [3.63, 3.8) is 0 Å². The van der Waals surface area contributed by atoms with Crippen LogP contribution in [0.5, 0.6) is 5.75 Å². The molecule has 0 spiro atoms. The Balaban J connectivity index is 0.00000300. The molecule has 1 atom stereocenters. The molecule has 2 fully saturated rings. The molecular formula is C20H30ClIN4O3. The molecule has 0 saturated carbocycles. The summed E-state index contributed by atoms with van der Waals surface area (Å²) >= 11 is 6.10. The number of carbonyl (C=O) groups excluding carboxylic acids is 1. The molecule has 162 valence electrons. The number of aliphatic imine (C=N–C) groups is 1. The Morgan fingerprint density at radius 3 is 2.66 bits per heavy atom. The minimum absolute atomic E-state index is 0. The molecule has 3 rings (SSSR count). The monoisotopic (exact) mass is 536 g/mol. The lowest BCUT2D eigenvalue weighted by molar-refractivity contribution is -0.142. The van der Waals surface area contributed by atoms with Crippen molar-refractivity contribution in [3.05, 3.63) is 29.3 Å². The molecule has 0 aliphatic carbocycles. The first-order valence-electron chi connectivity index (χ1n) is 10.00. The Labute approximate surface area is 194 Å². The van der Waals surface area contributed by atoms with Crippen LogP contribution in [0.1, 0.15) is 19.8 Å². The zero-order valence-electron chi connectivity index (χ0n) is 16.8. The quantitative estimate of drug-likeness (QED) is 0.262. The maximum absolute atomic E-state index is 12.5. The molecule has 9 heteroatoms. The van der Waals surface area contributed by atoms with Gasteiger partial charge in [0.15, 0.2) is 5.96 Å². The number of ether oxygens (including phenoxy) is 2. The summed E-state index contributed by atoms with van der Waals surface area (Å²) in [5.41, 5.74) is 0. The second-order valence-corrected chi connectivity index (χ2v) is 7.24. The Bertz CT molecular complexity index is 677. The van der Waals surface area contributed by atoms with Crippen LogP contribution < -0.4 is 10.1 Å². The van der Waals surface area contributed by atoms with Gasteiger partial charge in [0.1, 0.15) is 18.5 Å². The fraction of sp³-hybridized carbons (Fsp3) is 0.600. The standard InChI is InChI=1S/C20H29ClN4O3.HI/c1-2-22-20(23-9-15-28-17-7-4-3-6-16(17)21)25-12-10-24(11-13-25)19(26)18-8-5-14-27-18;/h3-4,6-7,18H,2,5,8-15H2,1H3,(H,22,23);1H. The van der Waals surface area contributed by atoms with Gasteiger partial charge >= 0.3 is 0 Å². The smallest absolute Gasteiger partial charge is 0.251 e. The van der Waals surface area contributed by atoms with Gasteiger partial charge in [-0.3, -0.25) is 4.79 Å². The lowest BCUT2D eigenvalue weighted by Crippen LogP contribution is -2.55. The number of para-hydroxylation sites is 1. The van der Waals surface area contributed by atoms with Crippen LogP contribution >= 0.6 is 35.6 Å². The lowest BCUT2D eigenvalue weighted by Gasteiger charge is -2.37. The van der Waals surface area contributed by atoms with Crippen LogP contribution in [0.25, 0.3) is 0 Å². The van der Waals surface area contributed by atoms with E-state index in [4.69, 9.17) is 21.1 Å². The van der Waals surface area contributed by atoms with Gasteiger partial charge in [-0.15, -0.1) is 24.0 Å². The highest BCUT2D eigenvalue weighted by Crippen LogP contribution is 2.22. The summed E-state index contributed by atoms with van der Waals surface area (Å²) in [5.74, 6) is 1.66. The number of hydrogen-bond donors (Lipinski definition) is 1. The van der Waals surface area contributed by atoms with E-state index < -0.39 is 0 Å². The van der Waals surface area contributed by atoms with E-state index in [9.17, 15) is 4.79 Å². The van der Waals surface area contributed by atoms with E-state index in [0.717, 1.165) is 38.4 Å². The topological polar surface area (TPSA) is 66.4 Å². The molecule has 2 saturated heterocycles. The lowest BCUT2D eigenvalue weighted by atomic mass is 10.2. The fourth-order valence-electron chi connectivity index (χ4n) is 3.41. The summed E-state index contributed by atoms with van der Waals surface area (Å²) in [6.45, 7) is 7.43. The largest absolute Gasteiger partial charge is 0.490 e. The van der Waals surface area contributed by atoms with Gasteiger partial charge in [-0.25, -0.2) is 4.99 Å². The molecule has 1 amide bonds. The summed E-state index contributed by atoms with van der Waals surface area (Å²) in [6, 6.07) is 7.43. The number of halogens is 2. The number of carbonyl (C=O) groups is 1. The maximum Gasteiger partial charge on any atom is 0.251 e. The van der Waals surface area contributed by atoms with Gasteiger partial charge in [-0.05, 0) is 31.9 Å². The number of benzene rings is 1. The third kappa shape index (κ3) is 6.89. The van der Waals surface area contributed by atoms with E-state index in [0.29, 0.717) is 43.6 Å². The van der Waals surface area contributed by atoms with Crippen molar-refractivity contribution in [2.24, 2.45) is 4.99 Å². The summed E-state index contributed by atoms with van der Waals surface area (Å²) < 4.78 is 11.2. The van der Waals surface area contributed by atoms with Gasteiger partial charge in [0.25, 0.3) is 5.91 Å². The van der Waals surface area contributed by atoms with Crippen LogP contribution in [0.15, 0.2) is 29.3 Å². The fourth-order valence-corrected chi connectivity index (χ4v) is 3.60. The van der Waals surface area contributed by atoms with Crippen molar-refractivity contribution in [2.45, 2.75) is 25.9 Å². The first-order chi connectivity index (χ1) is 13.7. The molecule has 29 heavy (non-hydrogen) atoms. The Hall–Kier alpha value is -1.26. The molecule has 2 aliphatic rings. The van der Waals surface area contributed by atoms with Crippen molar-refractivity contribution in [2.75, 3.05) is 52.5 Å². The third-order valence-corrected chi connectivity index (χ3v) is 5.19. The Kier molecular flexibility index (Phi) is 10.3. The molecule has 0 radical (unpaired) electrons. The van der Waals surface area contributed by atoms with Gasteiger partial charge in [-0.1, -0.05) is 23.7 Å². The minimum Gasteiger partial charge on any atom is -0.490 e. The third-order valence-electron chi connectivity index (χ3n) is 4.88. The highest BCUT2D eigenvalue weighted by atomic mass is 127. The zero-order chi connectivity index (χ0) is 19.8. The maximum atomic E-state index is 12.5. The molecule has 0 aromatic heterocycles. The van der Waals surface area contributed by atoms with Gasteiger partial charge < -0.3 is 24.6 Å². The summed E-state index contributed by atoms with van der Waals surface area (Å²) in [6.07, 6.45) is 1.58. The first-order valence-corrected chi connectivity index (χ1v) is 10.4. The Morgan fingerprint density at radius 1 is 1.28 bits per heavy atom. The molecule has 0 bridgehead atoms. The second-order valence-electron chi connectivity index (χ2n) is 6.83. The molecule has 1 aromatic carbocycles. The van der Waals surface area contributed by atoms with E-state index in [1.165, 1.54) is 0 Å². The van der Waals surface area contributed by atoms with Crippen molar-refractivity contribution >= 4 is 47.4 Å². The number of amides is 1. The van der Waals surface area contributed by atoms with Crippen molar-refractivity contribution < 1.29 is 14.3 Å². The predicted molar refractivity (Wildman–Crippen MR) is 125 cm³/mol. The SMILES string of the molecule is CCNC(=NCCOc1ccccc1Cl)N1CCN(C(=O)C2CCCO2)CC1.I. The molecule has 1 N–H and O–H groups in total. The van der Waals surface area contributed by atoms with E-state index in [2.05, 4.69) is 15.2 Å². The van der Waals surface area contributed by atoms with Gasteiger partial charge in [-0.2, -0.15) is 0 Å². The highest BCUT2D eigenvalue weighted by molar-refractivity contribution is 14.0. The van der Waals surface area contributed by atoms with Crippen LogP contribution in [0.4, 0.5) is 0 Å². The van der Waals surface area contributed by atoms with E-state index >= 15 is 0 Å². The normalized spacial score (nSPS) is 19.7. The average molecular weight is 537 g/mol. The molecule has 2 heterocycles. The van der Waals surface area contributed by atoms with Crippen LogP contribution in [0.3, 0.4) is 0 Å². The number of guanidine groups is 1. The predicted octanol–water partition coefficient (Wildman–Crippen LogP) is 2.63. The van der Waals surface area contributed by atoms with E-state index in [1.54, 1.807) is 0 Å². The number of rotatable bonds is 6. The van der Waals surface area contributed by atoms with E-state index in [-0.39, 0.29) is 36.0 Å².